The zero-order chi connectivity index (χ0) is 29.7. The van der Waals surface area contributed by atoms with Gasteiger partial charge in [-0.2, -0.15) is 0 Å². The molecule has 0 aliphatic rings. The highest BCUT2D eigenvalue weighted by molar-refractivity contribution is 5.85. The van der Waals surface area contributed by atoms with E-state index in [0.29, 0.717) is 16.7 Å². The molecule has 1 unspecified atom stereocenters. The number of nitrogens with zero attached hydrogens (tertiary/aromatic N) is 5. The van der Waals surface area contributed by atoms with Crippen LogP contribution >= 0.6 is 12.4 Å². The van der Waals surface area contributed by atoms with Gasteiger partial charge in [-0.1, -0.05) is 0 Å². The zero-order valence-corrected chi connectivity index (χ0v) is 25.0. The largest absolute Gasteiger partial charge is 0.414 e. The second kappa shape index (κ2) is 14.0. The van der Waals surface area contributed by atoms with Crippen LogP contribution in [0.15, 0.2) is 34.1 Å². The second-order valence-corrected chi connectivity index (χ2v) is 10.2. The lowest BCUT2D eigenvalue weighted by Crippen LogP contribution is -2.38. The number of aromatic nitrogens is 4. The summed E-state index contributed by atoms with van der Waals surface area (Å²) in [7, 11) is 9.24. The summed E-state index contributed by atoms with van der Waals surface area (Å²) in [4.78, 5) is 55.5. The number of nitrogens with one attached hydrogen (secondary N) is 2. The molecule has 1 aromatic carbocycles. The maximum absolute atomic E-state index is 11.8. The van der Waals surface area contributed by atoms with Crippen LogP contribution < -0.4 is 26.0 Å². The van der Waals surface area contributed by atoms with Crippen molar-refractivity contribution >= 4 is 35.8 Å². The number of halogens is 1. The number of benzene rings is 1. The third kappa shape index (κ3) is 9.10. The number of carbonyl (C=O) groups excluding carboxylic acids is 2. The lowest BCUT2D eigenvalue weighted by Gasteiger charge is -2.23. The van der Waals surface area contributed by atoms with E-state index >= 15 is 0 Å². The van der Waals surface area contributed by atoms with Crippen molar-refractivity contribution in [3.05, 3.63) is 50.9 Å². The minimum absolute atomic E-state index is 0. The van der Waals surface area contributed by atoms with E-state index in [9.17, 15) is 24.3 Å². The molecule has 2 aromatic heterocycles. The minimum atomic E-state index is -0.871. The van der Waals surface area contributed by atoms with Gasteiger partial charge in [0.15, 0.2) is 5.65 Å². The number of rotatable bonds is 5. The number of H-pyrrole nitrogens is 1. The van der Waals surface area contributed by atoms with Crippen molar-refractivity contribution in [2.45, 2.75) is 32.4 Å². The Hall–Kier alpha value is -3.88. The molecule has 0 saturated carbocycles. The Morgan fingerprint density at radius 3 is 1.95 bits per heavy atom. The Kier molecular flexibility index (Phi) is 11.9. The number of aryl methyl sites for hydroxylation is 1. The average Bonchev–Trinajstić information content (AvgIpc) is 3.34. The average molecular weight is 584 g/mol. The van der Waals surface area contributed by atoms with Crippen LogP contribution in [0, 0.1) is 0 Å². The third-order valence-electron chi connectivity index (χ3n) is 5.28. The summed E-state index contributed by atoms with van der Waals surface area (Å²) in [5.74, 6) is 0.357. The Bertz CT molecular complexity index is 1400. The molecule has 2 amide bonds. The monoisotopic (exact) mass is 583 g/mol. The number of aliphatic hydroxyl groups is 1. The number of imidazole rings is 1. The van der Waals surface area contributed by atoms with Gasteiger partial charge in [0.1, 0.15) is 17.0 Å². The first-order chi connectivity index (χ1) is 18.0. The first-order valence-electron chi connectivity index (χ1n) is 12.0. The Morgan fingerprint density at radius 2 is 1.50 bits per heavy atom. The van der Waals surface area contributed by atoms with E-state index in [1.54, 1.807) is 47.4 Å². The highest BCUT2D eigenvalue weighted by Crippen LogP contribution is 2.28. The molecule has 222 valence electrons. The summed E-state index contributed by atoms with van der Waals surface area (Å²) in [6, 6.07) is 4.52. The van der Waals surface area contributed by atoms with Crippen LogP contribution in [0.4, 0.5) is 9.59 Å². The summed E-state index contributed by atoms with van der Waals surface area (Å²) >= 11 is 0. The third-order valence-corrected chi connectivity index (χ3v) is 5.28. The van der Waals surface area contributed by atoms with Crippen LogP contribution in [-0.2, 0) is 14.1 Å². The predicted octanol–water partition coefficient (Wildman–Crippen LogP) is 1.61. The van der Waals surface area contributed by atoms with E-state index in [1.807, 2.05) is 20.8 Å². The topological polar surface area (TPSA) is 164 Å². The fraction of sp³-hybridized carbons (Fsp3) is 0.480. The summed E-state index contributed by atoms with van der Waals surface area (Å²) in [5.41, 5.74) is 0.307. The predicted molar refractivity (Wildman–Crippen MR) is 152 cm³/mol. The van der Waals surface area contributed by atoms with E-state index in [4.69, 9.17) is 9.47 Å². The van der Waals surface area contributed by atoms with Gasteiger partial charge in [-0.05, 0) is 38.5 Å². The van der Waals surface area contributed by atoms with Crippen LogP contribution in [0.1, 0.15) is 32.4 Å². The SMILES string of the molecule is CN(C)C(=O)Oc1cc(OC(=O)N(C)C)cc(C(O)CNC(C)(C)C)c1.Cl.Cn1c(=O)c2[nH]cnc2n(C)c1=O. The van der Waals surface area contributed by atoms with Crippen molar-refractivity contribution in [3.63, 3.8) is 0 Å². The number of aliphatic hydroxyl groups excluding tert-OH is 1. The Balaban J connectivity index is 0.000000475. The van der Waals surface area contributed by atoms with Gasteiger partial charge in [-0.25, -0.2) is 19.4 Å². The number of amides is 2. The van der Waals surface area contributed by atoms with Crippen molar-refractivity contribution in [1.82, 2.24) is 34.2 Å². The van der Waals surface area contributed by atoms with Crippen LogP contribution in [0.25, 0.3) is 11.2 Å². The number of aromatic amines is 1. The number of carbonyl (C=O) groups is 2. The fourth-order valence-electron chi connectivity index (χ4n) is 3.08. The van der Waals surface area contributed by atoms with Crippen LogP contribution in [-0.4, -0.2) is 86.5 Å². The Labute approximate surface area is 237 Å². The summed E-state index contributed by atoms with van der Waals surface area (Å²) in [6.07, 6.45) is -0.626. The van der Waals surface area contributed by atoms with E-state index < -0.39 is 18.3 Å². The molecule has 3 N–H and O–H groups in total. The quantitative estimate of drug-likeness (QED) is 0.405. The molecule has 0 radical (unpaired) electrons. The Morgan fingerprint density at radius 1 is 1.00 bits per heavy atom. The molecule has 0 bridgehead atoms. The minimum Gasteiger partial charge on any atom is -0.410 e. The van der Waals surface area contributed by atoms with Crippen molar-refractivity contribution in [2.24, 2.45) is 14.1 Å². The van der Waals surface area contributed by atoms with Crippen LogP contribution in [0.3, 0.4) is 0 Å². The highest BCUT2D eigenvalue weighted by atomic mass is 35.5. The molecule has 15 heteroatoms. The zero-order valence-electron chi connectivity index (χ0n) is 24.1. The molecule has 3 rings (SSSR count). The molecule has 0 spiro atoms. The van der Waals surface area contributed by atoms with E-state index in [2.05, 4.69) is 15.3 Å². The van der Waals surface area contributed by atoms with Gasteiger partial charge in [-0.3, -0.25) is 13.9 Å². The van der Waals surface area contributed by atoms with Crippen molar-refractivity contribution < 1.29 is 24.2 Å². The number of hydrogen-bond acceptors (Lipinski definition) is 9. The first-order valence-corrected chi connectivity index (χ1v) is 12.0. The number of ether oxygens (including phenoxy) is 2. The van der Waals surface area contributed by atoms with E-state index in [1.165, 1.54) is 33.8 Å². The number of hydrogen-bond donors (Lipinski definition) is 3. The van der Waals surface area contributed by atoms with Gasteiger partial charge >= 0.3 is 17.9 Å². The molecular formula is C25H38ClN7O7. The van der Waals surface area contributed by atoms with Gasteiger partial charge in [0.05, 0.1) is 12.4 Å². The van der Waals surface area contributed by atoms with Crippen LogP contribution in [0.5, 0.6) is 11.5 Å². The van der Waals surface area contributed by atoms with E-state index in [0.717, 1.165) is 4.57 Å². The normalized spacial score (nSPS) is 11.6. The molecule has 40 heavy (non-hydrogen) atoms. The fourth-order valence-corrected chi connectivity index (χ4v) is 3.08. The van der Waals surface area contributed by atoms with Gasteiger partial charge < -0.3 is 34.7 Å². The summed E-state index contributed by atoms with van der Waals surface area (Å²) < 4.78 is 12.9. The molecule has 0 saturated heterocycles. The van der Waals surface area contributed by atoms with Gasteiger partial charge in [0.25, 0.3) is 5.56 Å². The smallest absolute Gasteiger partial charge is 0.410 e. The summed E-state index contributed by atoms with van der Waals surface area (Å²) in [5, 5.41) is 13.7. The molecule has 0 aliphatic carbocycles. The lowest BCUT2D eigenvalue weighted by molar-refractivity contribution is 0.159. The second-order valence-electron chi connectivity index (χ2n) is 10.2. The molecule has 0 aliphatic heterocycles. The van der Waals surface area contributed by atoms with Crippen molar-refractivity contribution in [3.8, 4) is 11.5 Å². The first kappa shape index (κ1) is 34.1. The molecule has 0 fully saturated rings. The molecule has 3 aromatic rings. The maximum atomic E-state index is 11.8. The molecular weight excluding hydrogens is 546 g/mol. The lowest BCUT2D eigenvalue weighted by atomic mass is 10.1. The van der Waals surface area contributed by atoms with E-state index in [-0.39, 0.29) is 47.2 Å². The molecule has 14 nitrogen and oxygen atoms in total. The molecule has 1 atom stereocenters. The maximum Gasteiger partial charge on any atom is 0.414 e. The number of β-amino-alcohol motifs (C(OH)–C–C–N with tert-alkyl or cyclic N) is 1. The van der Waals surface area contributed by atoms with Gasteiger partial charge in [-0.15, -0.1) is 12.4 Å². The van der Waals surface area contributed by atoms with Crippen LogP contribution in [0.2, 0.25) is 0 Å². The van der Waals surface area contributed by atoms with Crippen molar-refractivity contribution in [1.29, 1.82) is 0 Å². The standard InChI is InChI=1S/C18H29N3O5.C7H8N4O2.ClH/c1-18(2,3)19-11-15(22)12-8-13(25-16(23)20(4)5)10-14(9-12)26-17(24)21(6)7;1-10-5-4(8-3-9-5)6(12)11(2)7(10)13;/h8-10,15,19,22H,11H2,1-7H3;3H,1-2H3,(H,8,9);1H. The summed E-state index contributed by atoms with van der Waals surface area (Å²) in [6.45, 7) is 6.24. The van der Waals surface area contributed by atoms with Gasteiger partial charge in [0.2, 0.25) is 0 Å². The number of fused-ring (bicyclic) bond motifs is 1. The van der Waals surface area contributed by atoms with Crippen molar-refractivity contribution in [2.75, 3.05) is 34.7 Å². The molecule has 2 heterocycles. The van der Waals surface area contributed by atoms with Gasteiger partial charge in [0, 0.05) is 60.4 Å². The highest BCUT2D eigenvalue weighted by Gasteiger charge is 2.18.